The van der Waals surface area contributed by atoms with Crippen LogP contribution >= 0.6 is 23.2 Å². The maximum absolute atomic E-state index is 12.3. The topological polar surface area (TPSA) is 70.7 Å². The maximum Gasteiger partial charge on any atom is 0.319 e. The first-order valence-corrected chi connectivity index (χ1v) is 8.69. The first-order chi connectivity index (χ1) is 12.5. The van der Waals surface area contributed by atoms with E-state index in [0.717, 1.165) is 5.69 Å². The zero-order valence-corrected chi connectivity index (χ0v) is 15.5. The van der Waals surface area contributed by atoms with Crippen molar-refractivity contribution in [3.05, 3.63) is 52.5 Å². The van der Waals surface area contributed by atoms with Gasteiger partial charge in [-0.25, -0.2) is 4.79 Å². The third-order valence-electron chi connectivity index (χ3n) is 4.03. The Hall–Kier alpha value is -2.44. The van der Waals surface area contributed by atoms with Crippen LogP contribution < -0.4 is 20.3 Å². The molecule has 1 unspecified atom stereocenters. The molecule has 2 N–H and O–H groups in total. The van der Waals surface area contributed by atoms with E-state index >= 15 is 0 Å². The Balaban J connectivity index is 1.63. The summed E-state index contributed by atoms with van der Waals surface area (Å²) in [5.41, 5.74) is 1.14. The number of carbonyl (C=O) groups excluding carboxylic acids is 2. The molecule has 136 valence electrons. The van der Waals surface area contributed by atoms with Crippen molar-refractivity contribution < 1.29 is 14.3 Å². The SMILES string of the molecule is COc1cccc(N2CC(NC(=O)Nc3cccc(Cl)c3Cl)CC2=O)c1. The minimum Gasteiger partial charge on any atom is -0.497 e. The molecule has 1 saturated heterocycles. The standard InChI is InChI=1S/C18H17Cl2N3O3/c1-26-13-5-2-4-12(9-13)23-10-11(8-16(23)24)21-18(25)22-15-7-3-6-14(19)17(15)20/h2-7,9,11H,8,10H2,1H3,(H2,21,22,25). The maximum atomic E-state index is 12.3. The van der Waals surface area contributed by atoms with Crippen molar-refractivity contribution in [1.82, 2.24) is 5.32 Å². The number of amides is 3. The molecular weight excluding hydrogens is 377 g/mol. The molecule has 0 aromatic heterocycles. The molecule has 0 spiro atoms. The summed E-state index contributed by atoms with van der Waals surface area (Å²) in [7, 11) is 1.57. The van der Waals surface area contributed by atoms with E-state index in [0.29, 0.717) is 23.0 Å². The van der Waals surface area contributed by atoms with Crippen molar-refractivity contribution >= 4 is 46.5 Å². The Morgan fingerprint density at radius 1 is 1.23 bits per heavy atom. The van der Waals surface area contributed by atoms with Gasteiger partial charge in [-0.05, 0) is 24.3 Å². The average molecular weight is 394 g/mol. The van der Waals surface area contributed by atoms with Gasteiger partial charge in [0, 0.05) is 24.7 Å². The molecule has 0 aliphatic carbocycles. The van der Waals surface area contributed by atoms with E-state index in [4.69, 9.17) is 27.9 Å². The van der Waals surface area contributed by atoms with Crippen molar-refractivity contribution in [3.8, 4) is 5.75 Å². The number of carbonyl (C=O) groups is 2. The van der Waals surface area contributed by atoms with Gasteiger partial charge in [-0.3, -0.25) is 4.79 Å². The summed E-state index contributed by atoms with van der Waals surface area (Å²) < 4.78 is 5.19. The van der Waals surface area contributed by atoms with E-state index in [1.165, 1.54) is 0 Å². The van der Waals surface area contributed by atoms with Crippen molar-refractivity contribution in [2.75, 3.05) is 23.9 Å². The highest BCUT2D eigenvalue weighted by atomic mass is 35.5. The van der Waals surface area contributed by atoms with Crippen LogP contribution in [-0.2, 0) is 4.79 Å². The third-order valence-corrected chi connectivity index (χ3v) is 4.84. The molecule has 0 radical (unpaired) electrons. The second-order valence-electron chi connectivity index (χ2n) is 5.81. The van der Waals surface area contributed by atoms with Crippen LogP contribution in [-0.4, -0.2) is 31.6 Å². The number of urea groups is 1. The van der Waals surface area contributed by atoms with Crippen LogP contribution in [0.2, 0.25) is 10.0 Å². The highest BCUT2D eigenvalue weighted by Crippen LogP contribution is 2.29. The minimum atomic E-state index is -0.445. The lowest BCUT2D eigenvalue weighted by Gasteiger charge is -2.18. The molecule has 8 heteroatoms. The number of hydrogen-bond acceptors (Lipinski definition) is 3. The van der Waals surface area contributed by atoms with E-state index in [1.54, 1.807) is 36.3 Å². The molecule has 0 bridgehead atoms. The quantitative estimate of drug-likeness (QED) is 0.826. The Kier molecular flexibility index (Phi) is 5.54. The number of halogens is 2. The molecule has 1 aliphatic heterocycles. The number of hydrogen-bond donors (Lipinski definition) is 2. The number of methoxy groups -OCH3 is 1. The summed E-state index contributed by atoms with van der Waals surface area (Å²) in [6, 6.07) is 11.4. The van der Waals surface area contributed by atoms with Gasteiger partial charge in [0.1, 0.15) is 5.75 Å². The third kappa shape index (κ3) is 4.03. The van der Waals surface area contributed by atoms with Gasteiger partial charge in [0.2, 0.25) is 5.91 Å². The lowest BCUT2D eigenvalue weighted by molar-refractivity contribution is -0.117. The Morgan fingerprint density at radius 3 is 2.77 bits per heavy atom. The summed E-state index contributed by atoms with van der Waals surface area (Å²) in [6.07, 6.45) is 0.216. The summed E-state index contributed by atoms with van der Waals surface area (Å²) in [5.74, 6) is 0.601. The van der Waals surface area contributed by atoms with Crippen LogP contribution in [0.4, 0.5) is 16.2 Å². The largest absolute Gasteiger partial charge is 0.497 e. The van der Waals surface area contributed by atoms with Crippen molar-refractivity contribution in [1.29, 1.82) is 0 Å². The van der Waals surface area contributed by atoms with Gasteiger partial charge in [0.15, 0.2) is 0 Å². The van der Waals surface area contributed by atoms with Crippen molar-refractivity contribution in [2.24, 2.45) is 0 Å². The number of benzene rings is 2. The van der Waals surface area contributed by atoms with E-state index in [-0.39, 0.29) is 23.4 Å². The summed E-state index contributed by atoms with van der Waals surface area (Å²) >= 11 is 12.0. The second-order valence-corrected chi connectivity index (χ2v) is 6.59. The van der Waals surface area contributed by atoms with Crippen molar-refractivity contribution in [2.45, 2.75) is 12.5 Å². The van der Waals surface area contributed by atoms with Crippen LogP contribution in [0.3, 0.4) is 0 Å². The van der Waals surface area contributed by atoms with Gasteiger partial charge in [0.05, 0.1) is 28.9 Å². The lowest BCUT2D eigenvalue weighted by Crippen LogP contribution is -2.39. The predicted octanol–water partition coefficient (Wildman–Crippen LogP) is 3.93. The minimum absolute atomic E-state index is 0.0654. The molecule has 26 heavy (non-hydrogen) atoms. The van der Waals surface area contributed by atoms with Crippen molar-refractivity contribution in [3.63, 3.8) is 0 Å². The molecule has 3 amide bonds. The Morgan fingerprint density at radius 2 is 2.00 bits per heavy atom. The van der Waals surface area contributed by atoms with E-state index in [2.05, 4.69) is 10.6 Å². The lowest BCUT2D eigenvalue weighted by atomic mass is 10.2. The molecule has 0 saturated carbocycles. The number of rotatable bonds is 4. The molecular formula is C18H17Cl2N3O3. The van der Waals surface area contributed by atoms with Gasteiger partial charge in [0.25, 0.3) is 0 Å². The fourth-order valence-electron chi connectivity index (χ4n) is 2.78. The highest BCUT2D eigenvalue weighted by molar-refractivity contribution is 6.43. The molecule has 3 rings (SSSR count). The summed E-state index contributed by atoms with van der Waals surface area (Å²) in [5, 5.41) is 6.06. The monoisotopic (exact) mass is 393 g/mol. The van der Waals surface area contributed by atoms with Gasteiger partial charge in [-0.1, -0.05) is 35.3 Å². The van der Waals surface area contributed by atoms with Crippen LogP contribution in [0.5, 0.6) is 5.75 Å². The normalized spacial score (nSPS) is 16.5. The molecule has 2 aromatic rings. The van der Waals surface area contributed by atoms with E-state index in [9.17, 15) is 9.59 Å². The molecule has 6 nitrogen and oxygen atoms in total. The average Bonchev–Trinajstić information content (AvgIpc) is 2.99. The first kappa shape index (κ1) is 18.4. The smallest absolute Gasteiger partial charge is 0.319 e. The van der Waals surface area contributed by atoms with Crippen LogP contribution in [0, 0.1) is 0 Å². The fraction of sp³-hybridized carbons (Fsp3) is 0.222. The number of anilines is 2. The molecule has 2 aromatic carbocycles. The van der Waals surface area contributed by atoms with Crippen LogP contribution in [0.25, 0.3) is 0 Å². The van der Waals surface area contributed by atoms with E-state index < -0.39 is 6.03 Å². The Bertz CT molecular complexity index is 844. The fourth-order valence-corrected chi connectivity index (χ4v) is 3.12. The zero-order valence-electron chi connectivity index (χ0n) is 14.0. The van der Waals surface area contributed by atoms with Gasteiger partial charge >= 0.3 is 6.03 Å². The number of ether oxygens (including phenoxy) is 1. The molecule has 1 fully saturated rings. The van der Waals surface area contributed by atoms with Gasteiger partial charge in [-0.2, -0.15) is 0 Å². The van der Waals surface area contributed by atoms with Gasteiger partial charge in [-0.15, -0.1) is 0 Å². The zero-order chi connectivity index (χ0) is 18.7. The first-order valence-electron chi connectivity index (χ1n) is 7.94. The summed E-state index contributed by atoms with van der Waals surface area (Å²) in [4.78, 5) is 26.1. The predicted molar refractivity (Wildman–Crippen MR) is 102 cm³/mol. The summed E-state index contributed by atoms with van der Waals surface area (Å²) in [6.45, 7) is 0.378. The highest BCUT2D eigenvalue weighted by Gasteiger charge is 2.31. The molecule has 1 aliphatic rings. The molecule has 1 heterocycles. The van der Waals surface area contributed by atoms with Gasteiger partial charge < -0.3 is 20.3 Å². The number of nitrogens with zero attached hydrogens (tertiary/aromatic N) is 1. The number of nitrogens with one attached hydrogen (secondary N) is 2. The van der Waals surface area contributed by atoms with Crippen LogP contribution in [0.1, 0.15) is 6.42 Å². The Labute approximate surface area is 161 Å². The molecule has 1 atom stereocenters. The van der Waals surface area contributed by atoms with Crippen LogP contribution in [0.15, 0.2) is 42.5 Å². The van der Waals surface area contributed by atoms with E-state index in [1.807, 2.05) is 18.2 Å². The second kappa shape index (κ2) is 7.85.